The lowest BCUT2D eigenvalue weighted by Gasteiger charge is -2.33. The molecule has 3 rings (SSSR count). The van der Waals surface area contributed by atoms with Gasteiger partial charge in [-0.05, 0) is 82.9 Å². The molecule has 1 unspecified atom stereocenters. The van der Waals surface area contributed by atoms with Gasteiger partial charge in [0.15, 0.2) is 0 Å². The van der Waals surface area contributed by atoms with Crippen LogP contribution in [0, 0.1) is 5.92 Å². The van der Waals surface area contributed by atoms with Crippen molar-refractivity contribution >= 4 is 12.0 Å². The fourth-order valence-electron chi connectivity index (χ4n) is 4.63. The molecule has 1 aromatic rings. The lowest BCUT2D eigenvalue weighted by Crippen LogP contribution is -2.42. The number of unbranched alkanes of at least 4 members (excludes halogenated alkanes) is 1. The van der Waals surface area contributed by atoms with Gasteiger partial charge in [-0.1, -0.05) is 25.0 Å². The molecular weight excluding hydrogens is 404 g/mol. The molecule has 2 aliphatic heterocycles. The van der Waals surface area contributed by atoms with Gasteiger partial charge in [0.05, 0.1) is 6.10 Å². The summed E-state index contributed by atoms with van der Waals surface area (Å²) in [4.78, 5) is 28.4. The summed E-state index contributed by atoms with van der Waals surface area (Å²) in [6, 6.07) is 7.97. The van der Waals surface area contributed by atoms with Crippen molar-refractivity contribution in [2.75, 3.05) is 26.2 Å². The van der Waals surface area contributed by atoms with Crippen molar-refractivity contribution < 1.29 is 19.4 Å². The molecule has 0 spiro atoms. The van der Waals surface area contributed by atoms with Crippen molar-refractivity contribution in [3.8, 4) is 0 Å². The molecule has 0 aromatic heterocycles. The van der Waals surface area contributed by atoms with Crippen molar-refractivity contribution in [2.24, 2.45) is 5.92 Å². The normalized spacial score (nSPS) is 20.3. The number of carbonyl (C=O) groups excluding carboxylic acids is 2. The van der Waals surface area contributed by atoms with Crippen molar-refractivity contribution in [1.82, 2.24) is 9.80 Å². The molecule has 1 N–H and O–H groups in total. The Morgan fingerprint density at radius 3 is 2.31 bits per heavy atom. The minimum atomic E-state index is -0.435. The van der Waals surface area contributed by atoms with Crippen LogP contribution in [0.4, 0.5) is 4.79 Å². The van der Waals surface area contributed by atoms with Crippen LogP contribution < -0.4 is 0 Å². The van der Waals surface area contributed by atoms with Crippen molar-refractivity contribution in [3.63, 3.8) is 0 Å². The van der Waals surface area contributed by atoms with E-state index in [1.807, 2.05) is 37.8 Å². The van der Waals surface area contributed by atoms with Gasteiger partial charge in [0, 0.05) is 31.7 Å². The first-order valence-electron chi connectivity index (χ1n) is 12.3. The molecule has 2 saturated heterocycles. The molecule has 0 radical (unpaired) electrons. The quantitative estimate of drug-likeness (QED) is 0.649. The number of likely N-dealkylation sites (tertiary alicyclic amines) is 2. The largest absolute Gasteiger partial charge is 0.444 e. The lowest BCUT2D eigenvalue weighted by atomic mass is 9.91. The Morgan fingerprint density at radius 2 is 1.69 bits per heavy atom. The number of aliphatic hydroxyl groups excluding tert-OH is 1. The fraction of sp³-hybridized carbons (Fsp3) is 0.692. The predicted octanol–water partition coefficient (Wildman–Crippen LogP) is 4.64. The monoisotopic (exact) mass is 444 g/mol. The van der Waals surface area contributed by atoms with Gasteiger partial charge < -0.3 is 19.6 Å². The summed E-state index contributed by atoms with van der Waals surface area (Å²) in [7, 11) is 0. The summed E-state index contributed by atoms with van der Waals surface area (Å²) < 4.78 is 5.47. The van der Waals surface area contributed by atoms with Crippen LogP contribution in [0.3, 0.4) is 0 Å². The summed E-state index contributed by atoms with van der Waals surface area (Å²) in [5.74, 6) is 0.710. The van der Waals surface area contributed by atoms with E-state index in [2.05, 4.69) is 12.1 Å². The minimum Gasteiger partial charge on any atom is -0.444 e. The van der Waals surface area contributed by atoms with E-state index in [4.69, 9.17) is 4.74 Å². The maximum atomic E-state index is 12.6. The van der Waals surface area contributed by atoms with E-state index < -0.39 is 11.7 Å². The van der Waals surface area contributed by atoms with Crippen LogP contribution in [-0.4, -0.2) is 64.8 Å². The summed E-state index contributed by atoms with van der Waals surface area (Å²) in [6.45, 7) is 8.48. The summed E-state index contributed by atoms with van der Waals surface area (Å²) in [5.41, 5.74) is 1.54. The zero-order valence-electron chi connectivity index (χ0n) is 20.0. The Hall–Kier alpha value is -2.08. The van der Waals surface area contributed by atoms with E-state index >= 15 is 0 Å². The molecule has 0 bridgehead atoms. The number of amides is 2. The molecule has 0 aliphatic carbocycles. The summed E-state index contributed by atoms with van der Waals surface area (Å²) >= 11 is 0. The van der Waals surface area contributed by atoms with E-state index in [-0.39, 0.29) is 12.0 Å². The average molecular weight is 445 g/mol. The molecule has 32 heavy (non-hydrogen) atoms. The van der Waals surface area contributed by atoms with Gasteiger partial charge in [0.25, 0.3) is 5.91 Å². The highest BCUT2D eigenvalue weighted by atomic mass is 16.6. The molecule has 2 aliphatic rings. The molecule has 1 aromatic carbocycles. The fourth-order valence-corrected chi connectivity index (χ4v) is 4.63. The van der Waals surface area contributed by atoms with E-state index in [1.165, 1.54) is 18.4 Å². The second-order valence-electron chi connectivity index (χ2n) is 10.4. The molecule has 2 heterocycles. The average Bonchev–Trinajstić information content (AvgIpc) is 2.76. The number of hydrogen-bond donors (Lipinski definition) is 1. The Kier molecular flexibility index (Phi) is 8.57. The van der Waals surface area contributed by atoms with Crippen molar-refractivity contribution in [3.05, 3.63) is 35.4 Å². The number of carbonyl (C=O) groups is 2. The molecule has 6 heteroatoms. The third-order valence-corrected chi connectivity index (χ3v) is 6.48. The van der Waals surface area contributed by atoms with Crippen LogP contribution in [-0.2, 0) is 11.2 Å². The second kappa shape index (κ2) is 11.2. The number of aliphatic hydroxyl groups is 1. The molecular formula is C26H40N2O4. The smallest absolute Gasteiger partial charge is 0.410 e. The first-order valence-corrected chi connectivity index (χ1v) is 12.3. The first-order chi connectivity index (χ1) is 15.2. The van der Waals surface area contributed by atoms with E-state index in [9.17, 15) is 14.7 Å². The number of ether oxygens (including phenoxy) is 1. The molecule has 2 fully saturated rings. The zero-order valence-corrected chi connectivity index (χ0v) is 20.0. The highest BCUT2D eigenvalue weighted by molar-refractivity contribution is 5.94. The van der Waals surface area contributed by atoms with Gasteiger partial charge in [-0.15, -0.1) is 0 Å². The standard InChI is InChI=1S/C26H40N2O4/c1-26(2,3)32-25(31)27-17-14-21(15-18-27)8-5-4-7-20-10-12-22(13-11-20)24(30)28-16-6-9-23(29)19-28/h10-13,21,23,29H,4-9,14-19H2,1-3H3. The summed E-state index contributed by atoms with van der Waals surface area (Å²) in [5, 5.41) is 9.80. The highest BCUT2D eigenvalue weighted by Gasteiger charge is 2.26. The number of nitrogens with zero attached hydrogens (tertiary/aromatic N) is 2. The van der Waals surface area contributed by atoms with Crippen LogP contribution in [0.25, 0.3) is 0 Å². The Bertz CT molecular complexity index is 748. The van der Waals surface area contributed by atoms with Gasteiger partial charge in [-0.3, -0.25) is 4.79 Å². The van der Waals surface area contributed by atoms with Crippen LogP contribution in [0.5, 0.6) is 0 Å². The maximum Gasteiger partial charge on any atom is 0.410 e. The number of β-amino-alcohol motifs (C(OH)–C–C–N with tert-alkyl or cyclic N) is 1. The number of rotatable bonds is 6. The van der Waals surface area contributed by atoms with Crippen LogP contribution in [0.15, 0.2) is 24.3 Å². The van der Waals surface area contributed by atoms with E-state index in [1.54, 1.807) is 4.90 Å². The molecule has 1 atom stereocenters. The molecule has 6 nitrogen and oxygen atoms in total. The number of hydrogen-bond acceptors (Lipinski definition) is 4. The Labute approximate surface area is 192 Å². The van der Waals surface area contributed by atoms with E-state index in [0.717, 1.165) is 58.2 Å². The highest BCUT2D eigenvalue weighted by Crippen LogP contribution is 2.24. The van der Waals surface area contributed by atoms with Crippen molar-refractivity contribution in [2.45, 2.75) is 83.8 Å². The van der Waals surface area contributed by atoms with Gasteiger partial charge in [0.1, 0.15) is 5.60 Å². The molecule has 2 amide bonds. The SMILES string of the molecule is CC(C)(C)OC(=O)N1CCC(CCCCc2ccc(C(=O)N3CCCC(O)C3)cc2)CC1. The minimum absolute atomic E-state index is 0.0213. The van der Waals surface area contributed by atoms with Gasteiger partial charge >= 0.3 is 6.09 Å². The van der Waals surface area contributed by atoms with Gasteiger partial charge in [-0.25, -0.2) is 4.79 Å². The molecule has 0 saturated carbocycles. The van der Waals surface area contributed by atoms with Crippen LogP contribution in [0.2, 0.25) is 0 Å². The van der Waals surface area contributed by atoms with Gasteiger partial charge in [-0.2, -0.15) is 0 Å². The Morgan fingerprint density at radius 1 is 1.00 bits per heavy atom. The predicted molar refractivity (Wildman–Crippen MR) is 126 cm³/mol. The third-order valence-electron chi connectivity index (χ3n) is 6.48. The second-order valence-corrected chi connectivity index (χ2v) is 10.4. The van der Waals surface area contributed by atoms with E-state index in [0.29, 0.717) is 18.0 Å². The van der Waals surface area contributed by atoms with Gasteiger partial charge in [0.2, 0.25) is 0 Å². The third kappa shape index (κ3) is 7.51. The van der Waals surface area contributed by atoms with Crippen molar-refractivity contribution in [1.29, 1.82) is 0 Å². The number of piperidine rings is 2. The van der Waals surface area contributed by atoms with Crippen LogP contribution in [0.1, 0.15) is 81.6 Å². The Balaban J connectivity index is 1.33. The van der Waals surface area contributed by atoms with Crippen LogP contribution >= 0.6 is 0 Å². The first kappa shape index (κ1) is 24.6. The summed E-state index contributed by atoms with van der Waals surface area (Å²) in [6.07, 6.45) is 7.73. The maximum absolute atomic E-state index is 12.6. The molecule has 178 valence electrons. The zero-order chi connectivity index (χ0) is 23.1. The number of aryl methyl sites for hydroxylation is 1. The number of benzene rings is 1. The topological polar surface area (TPSA) is 70.1 Å². The lowest BCUT2D eigenvalue weighted by molar-refractivity contribution is 0.0180.